The van der Waals surface area contributed by atoms with Gasteiger partial charge in [-0.1, -0.05) is 17.3 Å². The predicted octanol–water partition coefficient (Wildman–Crippen LogP) is 3.14. The van der Waals surface area contributed by atoms with Crippen LogP contribution in [-0.2, 0) is 10.0 Å². The van der Waals surface area contributed by atoms with Crippen LogP contribution in [0.3, 0.4) is 0 Å². The molecule has 10 nitrogen and oxygen atoms in total. The standard InChI is InChI=1S/C21H23N5O5S2/c1-14-19(15(2)31-24-14)33(29,30)26-10-8-25(9-11-26)21(28)23-17-6-3-5-16(13-17)22-20(27)18-7-4-12-32-18/h3-7,12-13H,8-11H2,1-2H3,(H,22,27)(H,23,28). The van der Waals surface area contributed by atoms with E-state index >= 15 is 0 Å². The van der Waals surface area contributed by atoms with Crippen molar-refractivity contribution in [2.24, 2.45) is 0 Å². The zero-order valence-electron chi connectivity index (χ0n) is 18.1. The van der Waals surface area contributed by atoms with Gasteiger partial charge in [0.1, 0.15) is 10.6 Å². The van der Waals surface area contributed by atoms with Gasteiger partial charge in [-0.2, -0.15) is 4.31 Å². The molecule has 0 radical (unpaired) electrons. The number of piperazine rings is 1. The molecule has 0 atom stereocenters. The number of aryl methyl sites for hydroxylation is 2. The minimum atomic E-state index is -3.74. The van der Waals surface area contributed by atoms with Crippen LogP contribution in [0.25, 0.3) is 0 Å². The maximum absolute atomic E-state index is 12.9. The SMILES string of the molecule is Cc1noc(C)c1S(=O)(=O)N1CCN(C(=O)Nc2cccc(NC(=O)c3cccs3)c2)CC1. The minimum Gasteiger partial charge on any atom is -0.360 e. The van der Waals surface area contributed by atoms with Crippen molar-refractivity contribution in [2.75, 3.05) is 36.8 Å². The Morgan fingerprint density at radius 3 is 2.33 bits per heavy atom. The third-order valence-electron chi connectivity index (χ3n) is 5.21. The molecule has 174 valence electrons. The number of carbonyl (C=O) groups is 2. The molecule has 0 bridgehead atoms. The summed E-state index contributed by atoms with van der Waals surface area (Å²) in [5.41, 5.74) is 1.40. The van der Waals surface area contributed by atoms with E-state index in [-0.39, 0.29) is 48.8 Å². The van der Waals surface area contributed by atoms with E-state index in [0.717, 1.165) is 0 Å². The predicted molar refractivity (Wildman–Crippen MR) is 124 cm³/mol. The number of benzene rings is 1. The minimum absolute atomic E-state index is 0.0850. The fourth-order valence-electron chi connectivity index (χ4n) is 3.58. The third-order valence-corrected chi connectivity index (χ3v) is 8.22. The fourth-order valence-corrected chi connectivity index (χ4v) is 5.91. The second-order valence-corrected chi connectivity index (χ2v) is 10.3. The number of anilines is 2. The van der Waals surface area contributed by atoms with Crippen molar-refractivity contribution in [1.82, 2.24) is 14.4 Å². The number of nitrogens with zero attached hydrogens (tertiary/aromatic N) is 3. The highest BCUT2D eigenvalue weighted by molar-refractivity contribution is 7.89. The van der Waals surface area contributed by atoms with Crippen molar-refractivity contribution in [3.05, 3.63) is 58.1 Å². The van der Waals surface area contributed by atoms with Gasteiger partial charge in [-0.15, -0.1) is 11.3 Å². The topological polar surface area (TPSA) is 125 Å². The molecule has 3 heterocycles. The molecule has 0 spiro atoms. The van der Waals surface area contributed by atoms with E-state index in [1.807, 2.05) is 5.38 Å². The van der Waals surface area contributed by atoms with Crippen molar-refractivity contribution in [1.29, 1.82) is 0 Å². The highest BCUT2D eigenvalue weighted by Gasteiger charge is 2.34. The first kappa shape index (κ1) is 23.0. The maximum Gasteiger partial charge on any atom is 0.321 e. The highest BCUT2D eigenvalue weighted by Crippen LogP contribution is 2.24. The quantitative estimate of drug-likeness (QED) is 0.567. The molecule has 3 amide bonds. The van der Waals surface area contributed by atoms with E-state index in [1.54, 1.807) is 55.1 Å². The molecular formula is C21H23N5O5S2. The largest absolute Gasteiger partial charge is 0.360 e. The summed E-state index contributed by atoms with van der Waals surface area (Å²) >= 11 is 1.34. The van der Waals surface area contributed by atoms with Crippen LogP contribution in [0.15, 0.2) is 51.2 Å². The lowest BCUT2D eigenvalue weighted by Gasteiger charge is -2.33. The van der Waals surface area contributed by atoms with Gasteiger partial charge >= 0.3 is 6.03 Å². The van der Waals surface area contributed by atoms with Crippen LogP contribution in [0.5, 0.6) is 0 Å². The molecule has 0 saturated carbocycles. The molecule has 0 aliphatic carbocycles. The average molecular weight is 490 g/mol. The zero-order chi connectivity index (χ0) is 23.6. The maximum atomic E-state index is 12.9. The van der Waals surface area contributed by atoms with Crippen LogP contribution < -0.4 is 10.6 Å². The van der Waals surface area contributed by atoms with Crippen molar-refractivity contribution in [3.63, 3.8) is 0 Å². The van der Waals surface area contributed by atoms with Gasteiger partial charge in [0.25, 0.3) is 5.91 Å². The summed E-state index contributed by atoms with van der Waals surface area (Å²) in [5.74, 6) is 0.0304. The molecular weight excluding hydrogens is 466 g/mol. The van der Waals surface area contributed by atoms with Gasteiger partial charge in [-0.05, 0) is 43.5 Å². The monoisotopic (exact) mass is 489 g/mol. The first-order valence-electron chi connectivity index (χ1n) is 10.2. The Morgan fingerprint density at radius 1 is 1.03 bits per heavy atom. The first-order valence-corrected chi connectivity index (χ1v) is 12.5. The fraction of sp³-hybridized carbons (Fsp3) is 0.286. The molecule has 33 heavy (non-hydrogen) atoms. The lowest BCUT2D eigenvalue weighted by molar-refractivity contribution is 0.103. The van der Waals surface area contributed by atoms with E-state index in [9.17, 15) is 18.0 Å². The molecule has 1 aliphatic rings. The Balaban J connectivity index is 1.35. The van der Waals surface area contributed by atoms with Gasteiger partial charge in [-0.3, -0.25) is 4.79 Å². The number of urea groups is 1. The number of thiophene rings is 1. The number of aromatic nitrogens is 1. The van der Waals surface area contributed by atoms with E-state index < -0.39 is 10.0 Å². The van der Waals surface area contributed by atoms with Crippen LogP contribution in [0, 0.1) is 13.8 Å². The Labute approximate surface area is 195 Å². The van der Waals surface area contributed by atoms with Crippen LogP contribution in [0.2, 0.25) is 0 Å². The van der Waals surface area contributed by atoms with Gasteiger partial charge in [0.05, 0.1) is 4.88 Å². The number of carbonyl (C=O) groups excluding carboxylic acids is 2. The molecule has 0 unspecified atom stereocenters. The van der Waals surface area contributed by atoms with E-state index in [4.69, 9.17) is 4.52 Å². The van der Waals surface area contributed by atoms with Crippen LogP contribution in [-0.4, -0.2) is 60.9 Å². The number of hydrogen-bond acceptors (Lipinski definition) is 7. The van der Waals surface area contributed by atoms with Crippen molar-refractivity contribution in [2.45, 2.75) is 18.7 Å². The number of hydrogen-bond donors (Lipinski definition) is 2. The van der Waals surface area contributed by atoms with Gasteiger partial charge in [0.15, 0.2) is 5.76 Å². The smallest absolute Gasteiger partial charge is 0.321 e. The average Bonchev–Trinajstić information content (AvgIpc) is 3.44. The summed E-state index contributed by atoms with van der Waals surface area (Å²) < 4.78 is 32.2. The molecule has 3 aromatic rings. The van der Waals surface area contributed by atoms with Crippen molar-refractivity contribution >= 4 is 44.7 Å². The number of nitrogens with one attached hydrogen (secondary N) is 2. The summed E-state index contributed by atoms with van der Waals surface area (Å²) in [7, 11) is -3.74. The molecule has 2 N–H and O–H groups in total. The van der Waals surface area contributed by atoms with Gasteiger partial charge in [0.2, 0.25) is 10.0 Å². The van der Waals surface area contributed by atoms with Gasteiger partial charge in [0, 0.05) is 37.6 Å². The summed E-state index contributed by atoms with van der Waals surface area (Å²) in [6.07, 6.45) is 0. The summed E-state index contributed by atoms with van der Waals surface area (Å²) in [4.78, 5) is 27.2. The molecule has 12 heteroatoms. The lowest BCUT2D eigenvalue weighted by atomic mass is 10.2. The second-order valence-electron chi connectivity index (χ2n) is 7.49. The summed E-state index contributed by atoms with van der Waals surface area (Å²) in [5, 5.41) is 11.2. The van der Waals surface area contributed by atoms with Crippen molar-refractivity contribution < 1.29 is 22.5 Å². The first-order chi connectivity index (χ1) is 15.8. The number of sulfonamides is 1. The Kier molecular flexibility index (Phi) is 6.49. The molecule has 1 aromatic carbocycles. The third kappa shape index (κ3) is 4.92. The zero-order valence-corrected chi connectivity index (χ0v) is 19.7. The molecule has 1 fully saturated rings. The van der Waals surface area contributed by atoms with E-state index in [2.05, 4.69) is 15.8 Å². The Bertz CT molecular complexity index is 1240. The lowest BCUT2D eigenvalue weighted by Crippen LogP contribution is -2.51. The van der Waals surface area contributed by atoms with Gasteiger partial charge in [-0.25, -0.2) is 13.2 Å². The summed E-state index contributed by atoms with van der Waals surface area (Å²) in [6, 6.07) is 10.0. The molecule has 4 rings (SSSR count). The van der Waals surface area contributed by atoms with Crippen molar-refractivity contribution in [3.8, 4) is 0 Å². The molecule has 1 saturated heterocycles. The van der Waals surface area contributed by atoms with Gasteiger partial charge < -0.3 is 20.1 Å². The molecule has 1 aliphatic heterocycles. The normalized spacial score (nSPS) is 14.8. The number of amides is 3. The molecule has 2 aromatic heterocycles. The van der Waals surface area contributed by atoms with E-state index in [0.29, 0.717) is 21.9 Å². The Hall–Kier alpha value is -3.22. The second kappa shape index (κ2) is 9.33. The van der Waals surface area contributed by atoms with Crippen LogP contribution in [0.4, 0.5) is 16.2 Å². The van der Waals surface area contributed by atoms with E-state index in [1.165, 1.54) is 15.6 Å². The highest BCUT2D eigenvalue weighted by atomic mass is 32.2. The summed E-state index contributed by atoms with van der Waals surface area (Å²) in [6.45, 7) is 3.96. The van der Waals surface area contributed by atoms with Crippen LogP contribution >= 0.6 is 11.3 Å². The number of rotatable bonds is 5. The van der Waals surface area contributed by atoms with Crippen LogP contribution in [0.1, 0.15) is 21.1 Å². The Morgan fingerprint density at radius 2 is 1.73 bits per heavy atom.